The predicted octanol–water partition coefficient (Wildman–Crippen LogP) is 2.75. The van der Waals surface area contributed by atoms with Crippen molar-refractivity contribution in [2.24, 2.45) is 0 Å². The van der Waals surface area contributed by atoms with Gasteiger partial charge in [0.25, 0.3) is 11.8 Å². The van der Waals surface area contributed by atoms with Crippen LogP contribution < -0.4 is 5.43 Å². The molecular weight excluding hydrogens is 346 g/mol. The number of carbonyl (C=O) groups excluding carboxylic acids is 2. The van der Waals surface area contributed by atoms with Gasteiger partial charge in [-0.05, 0) is 29.8 Å². The Hall–Kier alpha value is -2.49. The summed E-state index contributed by atoms with van der Waals surface area (Å²) >= 11 is 7.22. The number of hydrazine groups is 1. The molecule has 5 nitrogen and oxygen atoms in total. The van der Waals surface area contributed by atoms with E-state index >= 15 is 0 Å². The van der Waals surface area contributed by atoms with Crippen molar-refractivity contribution in [3.8, 4) is 6.07 Å². The summed E-state index contributed by atoms with van der Waals surface area (Å²) in [7, 11) is 0. The van der Waals surface area contributed by atoms with E-state index in [2.05, 4.69) is 11.5 Å². The van der Waals surface area contributed by atoms with Gasteiger partial charge in [-0.3, -0.25) is 15.0 Å². The number of carbonyl (C=O) groups is 2. The van der Waals surface area contributed by atoms with E-state index in [4.69, 9.17) is 16.9 Å². The van der Waals surface area contributed by atoms with Crippen molar-refractivity contribution in [2.45, 2.75) is 16.7 Å². The van der Waals surface area contributed by atoms with E-state index in [1.807, 2.05) is 0 Å². The topological polar surface area (TPSA) is 73.2 Å². The summed E-state index contributed by atoms with van der Waals surface area (Å²) < 4.78 is 0. The number of halogens is 1. The van der Waals surface area contributed by atoms with E-state index in [0.29, 0.717) is 15.5 Å². The van der Waals surface area contributed by atoms with E-state index < -0.39 is 5.25 Å². The standard InChI is InChI=1S/C17H12ClN3O2S/c18-13-6-1-2-7-14(13)24-15-16(22)20-21(17(15)23)10-12-5-3-4-11(8-12)9-19/h1-8,15H,10H2,(H,20,22). The Balaban J connectivity index is 1.74. The highest BCUT2D eigenvalue weighted by Crippen LogP contribution is 2.32. The molecule has 1 fully saturated rings. The van der Waals surface area contributed by atoms with Gasteiger partial charge in [0.2, 0.25) is 0 Å². The van der Waals surface area contributed by atoms with Gasteiger partial charge in [-0.25, -0.2) is 5.01 Å². The molecule has 0 bridgehead atoms. The first-order valence-corrected chi connectivity index (χ1v) is 8.36. The molecule has 24 heavy (non-hydrogen) atoms. The van der Waals surface area contributed by atoms with Gasteiger partial charge in [-0.1, -0.05) is 35.9 Å². The van der Waals surface area contributed by atoms with E-state index in [1.165, 1.54) is 5.01 Å². The number of benzene rings is 2. The highest BCUT2D eigenvalue weighted by atomic mass is 35.5. The molecule has 0 radical (unpaired) electrons. The molecule has 7 heteroatoms. The zero-order valence-electron chi connectivity index (χ0n) is 12.4. The van der Waals surface area contributed by atoms with Crippen molar-refractivity contribution in [1.29, 1.82) is 5.26 Å². The summed E-state index contributed by atoms with van der Waals surface area (Å²) in [5.41, 5.74) is 3.85. The Morgan fingerprint density at radius 1 is 1.21 bits per heavy atom. The van der Waals surface area contributed by atoms with Crippen molar-refractivity contribution >= 4 is 35.2 Å². The first-order valence-electron chi connectivity index (χ1n) is 7.10. The van der Waals surface area contributed by atoms with Gasteiger partial charge in [0.05, 0.1) is 23.2 Å². The number of hydrogen-bond donors (Lipinski definition) is 1. The minimum absolute atomic E-state index is 0.208. The van der Waals surface area contributed by atoms with Crippen LogP contribution in [0.4, 0.5) is 0 Å². The fraction of sp³-hybridized carbons (Fsp3) is 0.118. The Bertz CT molecular complexity index is 850. The van der Waals surface area contributed by atoms with Crippen LogP contribution in [0.5, 0.6) is 0 Å². The fourth-order valence-electron chi connectivity index (χ4n) is 2.31. The first-order chi connectivity index (χ1) is 11.6. The molecule has 1 atom stereocenters. The van der Waals surface area contributed by atoms with Crippen LogP contribution in [0.15, 0.2) is 53.4 Å². The number of hydrogen-bond acceptors (Lipinski definition) is 4. The Morgan fingerprint density at radius 2 is 2.00 bits per heavy atom. The SMILES string of the molecule is N#Cc1cccc(CN2NC(=O)C(Sc3ccccc3Cl)C2=O)c1. The Morgan fingerprint density at radius 3 is 2.75 bits per heavy atom. The number of nitrogens with zero attached hydrogens (tertiary/aromatic N) is 2. The van der Waals surface area contributed by atoms with E-state index in [1.54, 1.807) is 48.5 Å². The van der Waals surface area contributed by atoms with Crippen LogP contribution >= 0.6 is 23.4 Å². The zero-order chi connectivity index (χ0) is 17.1. The normalized spacial score (nSPS) is 16.8. The number of amides is 2. The molecule has 1 heterocycles. The molecule has 1 N–H and O–H groups in total. The summed E-state index contributed by atoms with van der Waals surface area (Å²) in [5, 5.41) is 9.84. The van der Waals surface area contributed by atoms with Crippen molar-refractivity contribution in [3.05, 3.63) is 64.7 Å². The fourth-order valence-corrected chi connectivity index (χ4v) is 3.56. The molecule has 0 aromatic heterocycles. The van der Waals surface area contributed by atoms with Crippen LogP contribution in [0.1, 0.15) is 11.1 Å². The number of nitrogens with one attached hydrogen (secondary N) is 1. The lowest BCUT2D eigenvalue weighted by Crippen LogP contribution is -2.35. The highest BCUT2D eigenvalue weighted by molar-refractivity contribution is 8.01. The molecule has 0 spiro atoms. The second-order valence-corrected chi connectivity index (χ2v) is 6.70. The molecular formula is C17H12ClN3O2S. The van der Waals surface area contributed by atoms with Crippen LogP contribution in [-0.4, -0.2) is 22.1 Å². The van der Waals surface area contributed by atoms with Gasteiger partial charge in [-0.15, -0.1) is 11.8 Å². The molecule has 1 aliphatic rings. The number of thioether (sulfide) groups is 1. The minimum Gasteiger partial charge on any atom is -0.271 e. The van der Waals surface area contributed by atoms with Gasteiger partial charge < -0.3 is 0 Å². The van der Waals surface area contributed by atoms with Crippen molar-refractivity contribution in [1.82, 2.24) is 10.4 Å². The van der Waals surface area contributed by atoms with Crippen LogP contribution in [0.2, 0.25) is 5.02 Å². The summed E-state index contributed by atoms with van der Waals surface area (Å²) in [6, 6.07) is 16.0. The van der Waals surface area contributed by atoms with Crippen LogP contribution in [-0.2, 0) is 16.1 Å². The van der Waals surface area contributed by atoms with Crippen LogP contribution in [0.3, 0.4) is 0 Å². The summed E-state index contributed by atoms with van der Waals surface area (Å²) in [5.74, 6) is -0.700. The van der Waals surface area contributed by atoms with E-state index in [9.17, 15) is 9.59 Å². The lowest BCUT2D eigenvalue weighted by Gasteiger charge is -2.15. The molecule has 1 unspecified atom stereocenters. The molecule has 2 amide bonds. The quantitative estimate of drug-likeness (QED) is 0.854. The lowest BCUT2D eigenvalue weighted by atomic mass is 10.1. The van der Waals surface area contributed by atoms with Gasteiger partial charge in [-0.2, -0.15) is 5.26 Å². The monoisotopic (exact) mass is 357 g/mol. The van der Waals surface area contributed by atoms with Gasteiger partial charge in [0.1, 0.15) is 0 Å². The molecule has 0 aliphatic carbocycles. The summed E-state index contributed by atoms with van der Waals surface area (Å²) in [6.07, 6.45) is 0. The van der Waals surface area contributed by atoms with E-state index in [0.717, 1.165) is 17.3 Å². The van der Waals surface area contributed by atoms with E-state index in [-0.39, 0.29) is 18.4 Å². The lowest BCUT2D eigenvalue weighted by molar-refractivity contribution is -0.130. The maximum Gasteiger partial charge on any atom is 0.264 e. The first kappa shape index (κ1) is 16.4. The smallest absolute Gasteiger partial charge is 0.264 e. The zero-order valence-corrected chi connectivity index (χ0v) is 14.0. The average molecular weight is 358 g/mol. The molecule has 1 saturated heterocycles. The van der Waals surface area contributed by atoms with Crippen LogP contribution in [0, 0.1) is 11.3 Å². The third kappa shape index (κ3) is 3.37. The molecule has 1 aliphatic heterocycles. The second-order valence-electron chi connectivity index (χ2n) is 5.14. The maximum absolute atomic E-state index is 12.5. The van der Waals surface area contributed by atoms with Gasteiger partial charge >= 0.3 is 0 Å². The Kier molecular flexibility index (Phi) is 4.74. The number of nitriles is 1. The number of rotatable bonds is 4. The van der Waals surface area contributed by atoms with Crippen molar-refractivity contribution < 1.29 is 9.59 Å². The molecule has 0 saturated carbocycles. The third-order valence-electron chi connectivity index (χ3n) is 3.45. The molecule has 2 aromatic carbocycles. The third-order valence-corrected chi connectivity index (χ3v) is 5.15. The highest BCUT2D eigenvalue weighted by Gasteiger charge is 2.40. The minimum atomic E-state index is -0.871. The van der Waals surface area contributed by atoms with Crippen molar-refractivity contribution in [3.63, 3.8) is 0 Å². The predicted molar refractivity (Wildman–Crippen MR) is 90.9 cm³/mol. The Labute approximate surface area is 148 Å². The maximum atomic E-state index is 12.5. The largest absolute Gasteiger partial charge is 0.271 e. The van der Waals surface area contributed by atoms with Gasteiger partial charge in [0, 0.05) is 4.90 Å². The molecule has 120 valence electrons. The molecule has 3 rings (SSSR count). The van der Waals surface area contributed by atoms with Crippen LogP contribution in [0.25, 0.3) is 0 Å². The van der Waals surface area contributed by atoms with Gasteiger partial charge in [0.15, 0.2) is 5.25 Å². The van der Waals surface area contributed by atoms with Crippen molar-refractivity contribution in [2.75, 3.05) is 0 Å². The average Bonchev–Trinajstić information content (AvgIpc) is 2.84. The summed E-state index contributed by atoms with van der Waals surface area (Å²) in [6.45, 7) is 0.208. The molecule has 2 aromatic rings. The summed E-state index contributed by atoms with van der Waals surface area (Å²) in [4.78, 5) is 25.3. The second kappa shape index (κ2) is 6.95.